The van der Waals surface area contributed by atoms with Crippen molar-refractivity contribution in [3.8, 4) is 0 Å². The topological polar surface area (TPSA) is 26.3 Å². The molecule has 31 valence electrons. The van der Waals surface area contributed by atoms with Gasteiger partial charge in [0.05, 0.1) is 6.08 Å². The van der Waals surface area contributed by atoms with Gasteiger partial charge in [0.1, 0.15) is 6.61 Å². The summed E-state index contributed by atoms with van der Waals surface area (Å²) in [5.74, 6) is -0.352. The number of ether oxygens (including phenoxy) is 1. The number of cyclic esters (lactones) is 1. The Bertz CT molecular complexity index is 93.7. The number of esters is 1. The predicted octanol–water partition coefficient (Wildman–Crippen LogP) is -0.0974. The van der Waals surface area contributed by atoms with Crippen molar-refractivity contribution in [2.45, 2.75) is 0 Å². The van der Waals surface area contributed by atoms with E-state index in [2.05, 4.69) is 10.8 Å². The molecule has 2 heteroatoms. The molecule has 0 aromatic heterocycles. The number of hydrogen-bond donors (Lipinski definition) is 0. The van der Waals surface area contributed by atoms with E-state index in [-0.39, 0.29) is 5.97 Å². The zero-order chi connectivity index (χ0) is 4.41. The van der Waals surface area contributed by atoms with Gasteiger partial charge < -0.3 is 4.74 Å². The molecule has 0 aliphatic carbocycles. The summed E-state index contributed by atoms with van der Waals surface area (Å²) in [4.78, 5) is 9.88. The minimum absolute atomic E-state index is 0.352. The summed E-state index contributed by atoms with van der Waals surface area (Å²) in [5, 5.41) is 0. The lowest BCUT2D eigenvalue weighted by Gasteiger charge is -1.81. The minimum Gasteiger partial charge on any atom is -0.458 e. The maximum absolute atomic E-state index is 9.88. The Morgan fingerprint density at radius 3 is 3.00 bits per heavy atom. The fraction of sp³-hybridized carbons (Fsp3) is 0.250. The lowest BCUT2D eigenvalue weighted by atomic mass is 10.6. The van der Waals surface area contributed by atoms with Crippen molar-refractivity contribution in [1.82, 2.24) is 0 Å². The van der Waals surface area contributed by atoms with Crippen LogP contribution in [0, 0.1) is 6.08 Å². The van der Waals surface area contributed by atoms with Gasteiger partial charge in [-0.1, -0.05) is 0 Å². The fourth-order valence-corrected chi connectivity index (χ4v) is 0.284. The van der Waals surface area contributed by atoms with E-state index in [0.717, 1.165) is 0 Å². The Hall–Kier alpha value is -0.790. The molecule has 0 bridgehead atoms. The second-order valence-electron chi connectivity index (χ2n) is 0.947. The van der Waals surface area contributed by atoms with Crippen molar-refractivity contribution in [2.75, 3.05) is 6.61 Å². The first-order chi connectivity index (χ1) is 2.89. The molecule has 6 heavy (non-hydrogen) atoms. The molecule has 1 rings (SSSR count). The number of rotatable bonds is 0. The molecular formula is C4H3O2. The first kappa shape index (κ1) is 3.40. The number of carbonyl (C=O) groups excluding carboxylic acids is 1. The van der Waals surface area contributed by atoms with Crippen LogP contribution >= 0.6 is 0 Å². The molecular weight excluding hydrogens is 80.0 g/mol. The average molecular weight is 83.1 g/mol. The van der Waals surface area contributed by atoms with Crippen molar-refractivity contribution in [2.24, 2.45) is 0 Å². The quantitative estimate of drug-likeness (QED) is 0.382. The smallest absolute Gasteiger partial charge is 0.339 e. The van der Waals surface area contributed by atoms with Crippen molar-refractivity contribution < 1.29 is 9.53 Å². The van der Waals surface area contributed by atoms with Crippen molar-refractivity contribution in [3.63, 3.8) is 0 Å². The summed E-state index contributed by atoms with van der Waals surface area (Å²) >= 11 is 0. The van der Waals surface area contributed by atoms with Gasteiger partial charge in [0.25, 0.3) is 0 Å². The molecule has 0 amide bonds. The summed E-state index contributed by atoms with van der Waals surface area (Å²) in [7, 11) is 0. The van der Waals surface area contributed by atoms with E-state index in [4.69, 9.17) is 0 Å². The van der Waals surface area contributed by atoms with E-state index < -0.39 is 0 Å². The summed E-state index contributed by atoms with van der Waals surface area (Å²) in [5.41, 5.74) is 0. The molecule has 1 radical (unpaired) electrons. The van der Waals surface area contributed by atoms with Gasteiger partial charge >= 0.3 is 5.97 Å². The van der Waals surface area contributed by atoms with Crippen LogP contribution in [-0.4, -0.2) is 12.6 Å². The van der Waals surface area contributed by atoms with Crippen LogP contribution in [0.25, 0.3) is 0 Å². The van der Waals surface area contributed by atoms with Gasteiger partial charge in [-0.3, -0.25) is 0 Å². The lowest BCUT2D eigenvalue weighted by molar-refractivity contribution is -0.135. The van der Waals surface area contributed by atoms with Crippen molar-refractivity contribution >= 4 is 5.97 Å². The Morgan fingerprint density at radius 1 is 2.00 bits per heavy atom. The molecule has 0 saturated heterocycles. The predicted molar refractivity (Wildman–Crippen MR) is 18.8 cm³/mol. The lowest BCUT2D eigenvalue weighted by Crippen LogP contribution is -1.89. The Morgan fingerprint density at radius 2 is 2.83 bits per heavy atom. The minimum atomic E-state index is -0.352. The van der Waals surface area contributed by atoms with E-state index in [1.165, 1.54) is 0 Å². The third-order valence-corrected chi connectivity index (χ3v) is 0.518. The number of hydrogen-bond acceptors (Lipinski definition) is 2. The largest absolute Gasteiger partial charge is 0.458 e. The maximum Gasteiger partial charge on any atom is 0.339 e. The van der Waals surface area contributed by atoms with Crippen molar-refractivity contribution in [3.05, 3.63) is 12.2 Å². The van der Waals surface area contributed by atoms with Gasteiger partial charge in [0.15, 0.2) is 0 Å². The Balaban J connectivity index is 2.59. The highest BCUT2D eigenvalue weighted by Gasteiger charge is 1.99. The van der Waals surface area contributed by atoms with Crippen LogP contribution in [0.3, 0.4) is 0 Å². The molecule has 1 aliphatic rings. The van der Waals surface area contributed by atoms with Gasteiger partial charge in [-0.15, -0.1) is 0 Å². The van der Waals surface area contributed by atoms with E-state index in [9.17, 15) is 4.79 Å². The number of carbonyl (C=O) groups is 1. The monoisotopic (exact) mass is 83.0 g/mol. The van der Waals surface area contributed by atoms with E-state index >= 15 is 0 Å². The first-order valence-corrected chi connectivity index (χ1v) is 1.64. The second-order valence-corrected chi connectivity index (χ2v) is 0.947. The van der Waals surface area contributed by atoms with Crippen LogP contribution in [0.4, 0.5) is 0 Å². The zero-order valence-corrected chi connectivity index (χ0v) is 3.10. The van der Waals surface area contributed by atoms with Crippen LogP contribution in [-0.2, 0) is 9.53 Å². The van der Waals surface area contributed by atoms with E-state index in [0.29, 0.717) is 6.61 Å². The van der Waals surface area contributed by atoms with E-state index in [1.54, 1.807) is 6.08 Å². The molecule has 1 heterocycles. The molecule has 0 fully saturated rings. The average Bonchev–Trinajstić information content (AvgIpc) is 1.86. The van der Waals surface area contributed by atoms with Crippen LogP contribution in [0.15, 0.2) is 6.08 Å². The summed E-state index contributed by atoms with van der Waals surface area (Å²) in [6.45, 7) is 0.402. The van der Waals surface area contributed by atoms with Crippen molar-refractivity contribution in [1.29, 1.82) is 0 Å². The highest BCUT2D eigenvalue weighted by molar-refractivity contribution is 5.79. The summed E-state index contributed by atoms with van der Waals surface area (Å²) in [6.07, 6.45) is 3.89. The molecule has 0 aromatic carbocycles. The summed E-state index contributed by atoms with van der Waals surface area (Å²) < 4.78 is 4.35. The molecule has 0 aromatic rings. The van der Waals surface area contributed by atoms with Crippen LogP contribution in [0.2, 0.25) is 0 Å². The molecule has 0 saturated carbocycles. The van der Waals surface area contributed by atoms with Gasteiger partial charge in [0, 0.05) is 0 Å². The van der Waals surface area contributed by atoms with Crippen LogP contribution in [0.5, 0.6) is 0 Å². The second kappa shape index (κ2) is 1.12. The van der Waals surface area contributed by atoms with Crippen LogP contribution in [0.1, 0.15) is 0 Å². The molecule has 0 atom stereocenters. The standard InChI is InChI=1S/C4H3O2/c5-4-2-1-3-6-4/h1H,3H2. The van der Waals surface area contributed by atoms with Gasteiger partial charge in [-0.25, -0.2) is 4.79 Å². The molecule has 0 N–H and O–H groups in total. The summed E-state index contributed by atoms with van der Waals surface area (Å²) in [6, 6.07) is 0. The third-order valence-electron chi connectivity index (χ3n) is 0.518. The Labute approximate surface area is 35.4 Å². The highest BCUT2D eigenvalue weighted by Crippen LogP contribution is 1.87. The molecule has 2 nitrogen and oxygen atoms in total. The first-order valence-electron chi connectivity index (χ1n) is 1.64. The molecule has 0 spiro atoms. The maximum atomic E-state index is 9.88. The third kappa shape index (κ3) is 0.407. The SMILES string of the molecule is O=C1[C]=CCO1. The van der Waals surface area contributed by atoms with Gasteiger partial charge in [-0.2, -0.15) is 0 Å². The van der Waals surface area contributed by atoms with Crippen LogP contribution < -0.4 is 0 Å². The van der Waals surface area contributed by atoms with Gasteiger partial charge in [0.2, 0.25) is 0 Å². The normalized spacial score (nSPS) is 18.3. The molecule has 1 aliphatic heterocycles. The highest BCUT2D eigenvalue weighted by atomic mass is 16.5. The Kier molecular flexibility index (Phi) is 0.638. The van der Waals surface area contributed by atoms with Gasteiger partial charge in [-0.05, 0) is 6.08 Å². The fourth-order valence-electron chi connectivity index (χ4n) is 0.284. The van der Waals surface area contributed by atoms with E-state index in [1.807, 2.05) is 0 Å². The molecule has 0 unspecified atom stereocenters. The zero-order valence-electron chi connectivity index (χ0n) is 3.10.